The molecule has 2 N–H and O–H groups in total. The first kappa shape index (κ1) is 17.3. The number of hydrogen-bond acceptors (Lipinski definition) is 2. The largest absolute Gasteiger partial charge is 0.573 e. The van der Waals surface area contributed by atoms with E-state index in [1.807, 2.05) is 0 Å². The minimum absolute atomic E-state index is 0. The molecule has 2 aromatic rings. The molecule has 0 aliphatic carbocycles. The topological polar surface area (TPSA) is 35.2 Å². The molecule has 1 unspecified atom stereocenters. The average Bonchev–Trinajstić information content (AvgIpc) is 2.40. The lowest BCUT2D eigenvalue weighted by molar-refractivity contribution is -0.274. The monoisotopic (exact) mass is 321 g/mol. The summed E-state index contributed by atoms with van der Waals surface area (Å²) in [6.45, 7) is 0. The highest BCUT2D eigenvalue weighted by atomic mass is 35.5. The Hall–Kier alpha value is -1.79. The van der Waals surface area contributed by atoms with Gasteiger partial charge in [0.05, 0.1) is 6.04 Å². The van der Waals surface area contributed by atoms with E-state index in [2.05, 4.69) is 4.74 Å². The smallest absolute Gasteiger partial charge is 0.406 e. The van der Waals surface area contributed by atoms with E-state index in [1.54, 1.807) is 30.3 Å². The van der Waals surface area contributed by atoms with Crippen molar-refractivity contribution >= 4 is 12.4 Å². The van der Waals surface area contributed by atoms with E-state index in [-0.39, 0.29) is 18.0 Å². The zero-order valence-corrected chi connectivity index (χ0v) is 11.4. The molecule has 0 radical (unpaired) electrons. The van der Waals surface area contributed by atoms with Crippen LogP contribution in [0, 0.1) is 5.82 Å². The van der Waals surface area contributed by atoms with E-state index in [4.69, 9.17) is 5.73 Å². The number of halogens is 5. The molecular weight excluding hydrogens is 310 g/mol. The standard InChI is InChI=1S/C14H11F4NO.ClH/c15-12-7-6-10(20-14(16,17)18)8-11(12)13(19)9-4-2-1-3-5-9;/h1-8,13H,19H2;1H. The normalized spacial score (nSPS) is 12.4. The molecule has 1 atom stereocenters. The van der Waals surface area contributed by atoms with Crippen LogP contribution in [0.5, 0.6) is 5.75 Å². The average molecular weight is 322 g/mol. The van der Waals surface area contributed by atoms with Crippen molar-refractivity contribution in [1.29, 1.82) is 0 Å². The van der Waals surface area contributed by atoms with Crippen LogP contribution in [-0.4, -0.2) is 6.36 Å². The molecule has 0 spiro atoms. The molecule has 0 aliphatic rings. The number of alkyl halides is 3. The predicted octanol–water partition coefficient (Wildman–Crippen LogP) is 4.19. The zero-order valence-electron chi connectivity index (χ0n) is 10.6. The first-order valence-electron chi connectivity index (χ1n) is 5.72. The minimum atomic E-state index is -4.83. The van der Waals surface area contributed by atoms with Gasteiger partial charge >= 0.3 is 6.36 Å². The number of rotatable bonds is 3. The van der Waals surface area contributed by atoms with Gasteiger partial charge in [-0.2, -0.15) is 0 Å². The lowest BCUT2D eigenvalue weighted by atomic mass is 9.99. The summed E-state index contributed by atoms with van der Waals surface area (Å²) in [7, 11) is 0. The van der Waals surface area contributed by atoms with Crippen molar-refractivity contribution in [3.63, 3.8) is 0 Å². The maximum absolute atomic E-state index is 13.7. The molecule has 7 heteroatoms. The van der Waals surface area contributed by atoms with Gasteiger partial charge in [-0.25, -0.2) is 4.39 Å². The quantitative estimate of drug-likeness (QED) is 0.860. The van der Waals surface area contributed by atoms with Gasteiger partial charge in [0.1, 0.15) is 11.6 Å². The third-order valence-electron chi connectivity index (χ3n) is 2.69. The second-order valence-electron chi connectivity index (χ2n) is 4.12. The molecule has 2 aromatic carbocycles. The molecule has 0 amide bonds. The fourth-order valence-electron chi connectivity index (χ4n) is 1.80. The first-order valence-corrected chi connectivity index (χ1v) is 5.72. The highest BCUT2D eigenvalue weighted by molar-refractivity contribution is 5.85. The summed E-state index contributed by atoms with van der Waals surface area (Å²) in [6, 6.07) is 10.4. The molecule has 21 heavy (non-hydrogen) atoms. The van der Waals surface area contributed by atoms with Crippen molar-refractivity contribution in [1.82, 2.24) is 0 Å². The Balaban J connectivity index is 0.00000220. The molecule has 0 aromatic heterocycles. The highest BCUT2D eigenvalue weighted by Crippen LogP contribution is 2.29. The van der Waals surface area contributed by atoms with Crippen molar-refractivity contribution in [2.24, 2.45) is 5.73 Å². The summed E-state index contributed by atoms with van der Waals surface area (Å²) < 4.78 is 53.9. The van der Waals surface area contributed by atoms with E-state index in [0.717, 1.165) is 18.2 Å². The Labute approximate surface area is 124 Å². The van der Waals surface area contributed by atoms with Gasteiger partial charge < -0.3 is 10.5 Å². The fourth-order valence-corrected chi connectivity index (χ4v) is 1.80. The molecule has 2 rings (SSSR count). The van der Waals surface area contributed by atoms with Crippen LogP contribution in [0.2, 0.25) is 0 Å². The number of ether oxygens (including phenoxy) is 1. The molecule has 0 fully saturated rings. The SMILES string of the molecule is Cl.NC(c1ccccc1)c1cc(OC(F)(F)F)ccc1F. The Morgan fingerprint density at radius 1 is 1.00 bits per heavy atom. The summed E-state index contributed by atoms with van der Waals surface area (Å²) in [6.07, 6.45) is -4.83. The van der Waals surface area contributed by atoms with Crippen LogP contribution >= 0.6 is 12.4 Å². The van der Waals surface area contributed by atoms with E-state index in [0.29, 0.717) is 5.56 Å². The Kier molecular flexibility index (Phi) is 5.57. The second kappa shape index (κ2) is 6.78. The Morgan fingerprint density at radius 3 is 2.19 bits per heavy atom. The Morgan fingerprint density at radius 2 is 1.62 bits per heavy atom. The predicted molar refractivity (Wildman–Crippen MR) is 72.8 cm³/mol. The van der Waals surface area contributed by atoms with Crippen LogP contribution in [0.4, 0.5) is 17.6 Å². The van der Waals surface area contributed by atoms with Gasteiger partial charge in [-0.3, -0.25) is 0 Å². The van der Waals surface area contributed by atoms with Gasteiger partial charge in [-0.15, -0.1) is 25.6 Å². The minimum Gasteiger partial charge on any atom is -0.406 e. The molecule has 0 aliphatic heterocycles. The highest BCUT2D eigenvalue weighted by Gasteiger charge is 2.31. The van der Waals surface area contributed by atoms with Crippen LogP contribution in [0.25, 0.3) is 0 Å². The van der Waals surface area contributed by atoms with Gasteiger partial charge in [0.15, 0.2) is 0 Å². The number of hydrogen-bond donors (Lipinski definition) is 1. The van der Waals surface area contributed by atoms with E-state index in [9.17, 15) is 17.6 Å². The third-order valence-corrected chi connectivity index (χ3v) is 2.69. The summed E-state index contributed by atoms with van der Waals surface area (Å²) in [5.74, 6) is -1.18. The van der Waals surface area contributed by atoms with Crippen LogP contribution in [0.3, 0.4) is 0 Å². The zero-order chi connectivity index (χ0) is 14.8. The summed E-state index contributed by atoms with van der Waals surface area (Å²) >= 11 is 0. The number of nitrogens with two attached hydrogens (primary N) is 1. The van der Waals surface area contributed by atoms with E-state index < -0.39 is 24.0 Å². The summed E-state index contributed by atoms with van der Waals surface area (Å²) in [4.78, 5) is 0. The third kappa shape index (κ3) is 4.61. The fraction of sp³-hybridized carbons (Fsp3) is 0.143. The number of benzene rings is 2. The van der Waals surface area contributed by atoms with Crippen molar-refractivity contribution in [3.8, 4) is 5.75 Å². The van der Waals surface area contributed by atoms with Crippen LogP contribution in [0.15, 0.2) is 48.5 Å². The van der Waals surface area contributed by atoms with Gasteiger partial charge in [0.2, 0.25) is 0 Å². The Bertz CT molecular complexity index is 589. The summed E-state index contributed by atoms with van der Waals surface area (Å²) in [5.41, 5.74) is 6.41. The molecular formula is C14H12ClF4NO. The van der Waals surface area contributed by atoms with Crippen LogP contribution in [-0.2, 0) is 0 Å². The molecule has 2 nitrogen and oxygen atoms in total. The van der Waals surface area contributed by atoms with Crippen molar-refractivity contribution in [3.05, 3.63) is 65.5 Å². The lowest BCUT2D eigenvalue weighted by Crippen LogP contribution is -2.18. The maximum Gasteiger partial charge on any atom is 0.573 e. The lowest BCUT2D eigenvalue weighted by Gasteiger charge is -2.15. The van der Waals surface area contributed by atoms with Gasteiger partial charge in [-0.1, -0.05) is 30.3 Å². The molecule has 0 saturated heterocycles. The second-order valence-corrected chi connectivity index (χ2v) is 4.12. The van der Waals surface area contributed by atoms with E-state index in [1.165, 1.54) is 0 Å². The van der Waals surface area contributed by atoms with Gasteiger partial charge in [-0.05, 0) is 23.8 Å². The van der Waals surface area contributed by atoms with E-state index >= 15 is 0 Å². The van der Waals surface area contributed by atoms with Crippen molar-refractivity contribution in [2.45, 2.75) is 12.4 Å². The van der Waals surface area contributed by atoms with Crippen LogP contribution < -0.4 is 10.5 Å². The summed E-state index contributed by atoms with van der Waals surface area (Å²) in [5, 5.41) is 0. The van der Waals surface area contributed by atoms with Crippen LogP contribution in [0.1, 0.15) is 17.2 Å². The molecule has 0 heterocycles. The molecule has 0 saturated carbocycles. The van der Waals surface area contributed by atoms with Gasteiger partial charge in [0, 0.05) is 5.56 Å². The first-order chi connectivity index (χ1) is 9.37. The van der Waals surface area contributed by atoms with Crippen molar-refractivity contribution in [2.75, 3.05) is 0 Å². The molecule has 114 valence electrons. The van der Waals surface area contributed by atoms with Gasteiger partial charge in [0.25, 0.3) is 0 Å². The van der Waals surface area contributed by atoms with Crippen molar-refractivity contribution < 1.29 is 22.3 Å². The molecule has 0 bridgehead atoms. The maximum atomic E-state index is 13.7.